The van der Waals surface area contributed by atoms with Crippen molar-refractivity contribution >= 4 is 52.4 Å². The van der Waals surface area contributed by atoms with E-state index in [1.807, 2.05) is 67.6 Å². The Bertz CT molecular complexity index is 1440. The van der Waals surface area contributed by atoms with Crippen LogP contribution < -0.4 is 5.32 Å². The monoisotopic (exact) mass is 535 g/mol. The number of halogens is 3. The van der Waals surface area contributed by atoms with E-state index in [0.717, 1.165) is 47.2 Å². The number of hydrogen-bond donors (Lipinski definition) is 1. The molecule has 4 nitrogen and oxygen atoms in total. The molecule has 1 aromatic heterocycles. The lowest BCUT2D eigenvalue weighted by molar-refractivity contribution is 0.0933. The van der Waals surface area contributed by atoms with Crippen LogP contribution in [0, 0.1) is 0 Å². The molecule has 1 heterocycles. The standard InChI is InChI=1S/C29H24Cl3N3O/c1-18(20-6-3-2-4-7-20)33-29(36)27-24-9-5-8-21(16-19-10-12-22(30)13-11-19)28(24)35(34-27)26-15-14-23(31)17-25(26)32/h2-4,6-7,10-18H,5,8-9H2,1H3,(H,33,36)/b21-16+/t18-/m0/s1. The number of carbonyl (C=O) groups is 1. The van der Waals surface area contributed by atoms with Gasteiger partial charge in [0.1, 0.15) is 0 Å². The van der Waals surface area contributed by atoms with Crippen molar-refractivity contribution in [1.29, 1.82) is 0 Å². The fourth-order valence-electron chi connectivity index (χ4n) is 4.59. The third-order valence-electron chi connectivity index (χ3n) is 6.37. The van der Waals surface area contributed by atoms with Crippen molar-refractivity contribution in [1.82, 2.24) is 15.1 Å². The van der Waals surface area contributed by atoms with E-state index in [4.69, 9.17) is 39.9 Å². The van der Waals surface area contributed by atoms with Gasteiger partial charge in [0.2, 0.25) is 0 Å². The summed E-state index contributed by atoms with van der Waals surface area (Å²) in [6, 6.07) is 22.7. The molecule has 0 aliphatic heterocycles. The summed E-state index contributed by atoms with van der Waals surface area (Å²) in [7, 11) is 0. The normalized spacial score (nSPS) is 14.9. The number of hydrogen-bond acceptors (Lipinski definition) is 2. The first kappa shape index (κ1) is 24.6. The fourth-order valence-corrected chi connectivity index (χ4v) is 5.21. The number of carbonyl (C=O) groups excluding carboxylic acids is 1. The van der Waals surface area contributed by atoms with Crippen molar-refractivity contribution in [2.24, 2.45) is 0 Å². The third kappa shape index (κ3) is 5.08. The Morgan fingerprint density at radius 2 is 1.69 bits per heavy atom. The van der Waals surface area contributed by atoms with Crippen LogP contribution in [0.4, 0.5) is 0 Å². The molecule has 0 saturated heterocycles. The van der Waals surface area contributed by atoms with Gasteiger partial charge in [0.15, 0.2) is 5.69 Å². The molecule has 0 bridgehead atoms. The molecule has 0 spiro atoms. The number of nitrogens with zero attached hydrogens (tertiary/aromatic N) is 2. The van der Waals surface area contributed by atoms with E-state index in [0.29, 0.717) is 26.4 Å². The maximum atomic E-state index is 13.5. The third-order valence-corrected chi connectivity index (χ3v) is 7.16. The van der Waals surface area contributed by atoms with E-state index in [1.54, 1.807) is 16.8 Å². The highest BCUT2D eigenvalue weighted by Gasteiger charge is 2.29. The summed E-state index contributed by atoms with van der Waals surface area (Å²) in [4.78, 5) is 13.5. The fraction of sp³-hybridized carbons (Fsp3) is 0.172. The molecule has 1 N–H and O–H groups in total. The second-order valence-electron chi connectivity index (χ2n) is 8.86. The first-order chi connectivity index (χ1) is 17.4. The van der Waals surface area contributed by atoms with Crippen LogP contribution in [-0.2, 0) is 6.42 Å². The summed E-state index contributed by atoms with van der Waals surface area (Å²) in [6.45, 7) is 1.97. The van der Waals surface area contributed by atoms with Gasteiger partial charge in [0.25, 0.3) is 5.91 Å². The maximum absolute atomic E-state index is 13.5. The maximum Gasteiger partial charge on any atom is 0.272 e. The van der Waals surface area contributed by atoms with E-state index in [2.05, 4.69) is 11.4 Å². The number of rotatable bonds is 5. The molecule has 1 amide bonds. The van der Waals surface area contributed by atoms with Crippen LogP contribution in [0.3, 0.4) is 0 Å². The van der Waals surface area contributed by atoms with E-state index >= 15 is 0 Å². The molecule has 7 heteroatoms. The van der Waals surface area contributed by atoms with Crippen LogP contribution in [0.5, 0.6) is 0 Å². The molecule has 1 aliphatic rings. The van der Waals surface area contributed by atoms with Crippen molar-refractivity contribution in [2.75, 3.05) is 0 Å². The molecule has 1 aliphatic carbocycles. The second-order valence-corrected chi connectivity index (χ2v) is 10.1. The predicted molar refractivity (Wildman–Crippen MR) is 148 cm³/mol. The van der Waals surface area contributed by atoms with Gasteiger partial charge in [-0.2, -0.15) is 5.10 Å². The quantitative estimate of drug-likeness (QED) is 0.279. The van der Waals surface area contributed by atoms with Gasteiger partial charge in [-0.3, -0.25) is 4.79 Å². The lowest BCUT2D eigenvalue weighted by Gasteiger charge is -2.19. The second kappa shape index (κ2) is 10.5. The van der Waals surface area contributed by atoms with Crippen LogP contribution in [0.15, 0.2) is 72.8 Å². The van der Waals surface area contributed by atoms with Gasteiger partial charge < -0.3 is 5.32 Å². The lowest BCUT2D eigenvalue weighted by Crippen LogP contribution is -2.28. The molecule has 0 radical (unpaired) electrons. The summed E-state index contributed by atoms with van der Waals surface area (Å²) in [5, 5.41) is 9.63. The molecule has 5 rings (SSSR count). The first-order valence-corrected chi connectivity index (χ1v) is 12.9. The Labute approximate surface area is 225 Å². The molecule has 0 fully saturated rings. The number of allylic oxidation sites excluding steroid dienone is 1. The molecular weight excluding hydrogens is 513 g/mol. The van der Waals surface area contributed by atoms with Crippen LogP contribution in [0.2, 0.25) is 15.1 Å². The SMILES string of the molecule is C[C@H](NC(=O)c1nn(-c2ccc(Cl)cc2Cl)c2c1CCC/C2=C\c1ccc(Cl)cc1)c1ccccc1. The Hall–Kier alpha value is -3.05. The number of nitrogens with one attached hydrogen (secondary N) is 1. The predicted octanol–water partition coefficient (Wildman–Crippen LogP) is 8.20. The minimum absolute atomic E-state index is 0.161. The van der Waals surface area contributed by atoms with Crippen LogP contribution in [-0.4, -0.2) is 15.7 Å². The van der Waals surface area contributed by atoms with Crippen LogP contribution in [0.1, 0.15) is 58.7 Å². The Balaban J connectivity index is 1.61. The van der Waals surface area contributed by atoms with Gasteiger partial charge in [-0.15, -0.1) is 0 Å². The summed E-state index contributed by atoms with van der Waals surface area (Å²) in [5.74, 6) is -0.209. The van der Waals surface area contributed by atoms with Crippen LogP contribution >= 0.6 is 34.8 Å². The van der Waals surface area contributed by atoms with Gasteiger partial charge in [0, 0.05) is 15.6 Å². The Kier molecular flexibility index (Phi) is 7.20. The molecular formula is C29H24Cl3N3O. The van der Waals surface area contributed by atoms with E-state index < -0.39 is 0 Å². The van der Waals surface area contributed by atoms with Crippen molar-refractivity contribution in [3.05, 3.63) is 116 Å². The molecule has 3 aromatic carbocycles. The zero-order valence-electron chi connectivity index (χ0n) is 19.6. The van der Waals surface area contributed by atoms with E-state index in [9.17, 15) is 4.79 Å². The molecule has 4 aromatic rings. The highest BCUT2D eigenvalue weighted by Crippen LogP contribution is 2.38. The average Bonchev–Trinajstić information content (AvgIpc) is 3.26. The van der Waals surface area contributed by atoms with Gasteiger partial charge in [0.05, 0.1) is 22.4 Å². The minimum Gasteiger partial charge on any atom is -0.344 e. The highest BCUT2D eigenvalue weighted by atomic mass is 35.5. The summed E-state index contributed by atoms with van der Waals surface area (Å²) >= 11 is 18.9. The molecule has 1 atom stereocenters. The molecule has 182 valence electrons. The van der Waals surface area contributed by atoms with Gasteiger partial charge in [-0.05, 0) is 79.3 Å². The number of fused-ring (bicyclic) bond motifs is 1. The van der Waals surface area contributed by atoms with Crippen molar-refractivity contribution < 1.29 is 4.79 Å². The van der Waals surface area contributed by atoms with Gasteiger partial charge in [-0.1, -0.05) is 77.3 Å². The summed E-state index contributed by atoms with van der Waals surface area (Å²) < 4.78 is 1.79. The Morgan fingerprint density at radius 3 is 2.42 bits per heavy atom. The molecule has 0 unspecified atom stereocenters. The average molecular weight is 537 g/mol. The van der Waals surface area contributed by atoms with Crippen molar-refractivity contribution in [2.45, 2.75) is 32.2 Å². The zero-order valence-corrected chi connectivity index (χ0v) is 21.9. The Morgan fingerprint density at radius 1 is 0.972 bits per heavy atom. The summed E-state index contributed by atoms with van der Waals surface area (Å²) in [5.41, 5.74) is 6.07. The smallest absolute Gasteiger partial charge is 0.272 e. The van der Waals surface area contributed by atoms with Gasteiger partial charge in [-0.25, -0.2) is 4.68 Å². The topological polar surface area (TPSA) is 46.9 Å². The number of benzene rings is 3. The minimum atomic E-state index is -0.209. The zero-order chi connectivity index (χ0) is 25.2. The van der Waals surface area contributed by atoms with Crippen molar-refractivity contribution in [3.63, 3.8) is 0 Å². The van der Waals surface area contributed by atoms with Gasteiger partial charge >= 0.3 is 0 Å². The van der Waals surface area contributed by atoms with E-state index in [1.165, 1.54) is 0 Å². The highest BCUT2D eigenvalue weighted by molar-refractivity contribution is 6.35. The van der Waals surface area contributed by atoms with Crippen molar-refractivity contribution in [3.8, 4) is 5.69 Å². The van der Waals surface area contributed by atoms with Crippen LogP contribution in [0.25, 0.3) is 17.3 Å². The molecule has 0 saturated carbocycles. The lowest BCUT2D eigenvalue weighted by atomic mass is 9.89. The van der Waals surface area contributed by atoms with E-state index in [-0.39, 0.29) is 11.9 Å². The number of aromatic nitrogens is 2. The number of amides is 1. The molecule has 36 heavy (non-hydrogen) atoms. The largest absolute Gasteiger partial charge is 0.344 e. The first-order valence-electron chi connectivity index (χ1n) is 11.8. The summed E-state index contributed by atoms with van der Waals surface area (Å²) in [6.07, 6.45) is 4.65.